The van der Waals surface area contributed by atoms with Gasteiger partial charge in [0, 0.05) is 11.9 Å². The van der Waals surface area contributed by atoms with Crippen molar-refractivity contribution in [2.24, 2.45) is 0 Å². The molecule has 1 heterocycles. The third kappa shape index (κ3) is 3.80. The van der Waals surface area contributed by atoms with E-state index < -0.39 is 0 Å². The average Bonchev–Trinajstić information content (AvgIpc) is 2.57. The van der Waals surface area contributed by atoms with Crippen LogP contribution in [-0.2, 0) is 13.0 Å². The van der Waals surface area contributed by atoms with Gasteiger partial charge in [0.05, 0.1) is 16.4 Å². The molecule has 0 aliphatic carbocycles. The number of rotatable bonds is 6. The van der Waals surface area contributed by atoms with Crippen LogP contribution in [0.2, 0.25) is 0 Å². The number of aromatic nitrogens is 2. The summed E-state index contributed by atoms with van der Waals surface area (Å²) in [5, 5.41) is 4.62. The van der Waals surface area contributed by atoms with Crippen molar-refractivity contribution in [3.05, 3.63) is 16.4 Å². The fraction of sp³-hybridized carbons (Fsp3) is 0.727. The topological polar surface area (TPSA) is 17.8 Å². The lowest BCUT2D eigenvalue weighted by Crippen LogP contribution is -2.07. The van der Waals surface area contributed by atoms with Gasteiger partial charge < -0.3 is 0 Å². The summed E-state index contributed by atoms with van der Waals surface area (Å²) < 4.78 is 3.18. The lowest BCUT2D eigenvalue weighted by atomic mass is 10.1. The largest absolute Gasteiger partial charge is 0.268 e. The van der Waals surface area contributed by atoms with Crippen LogP contribution in [0.5, 0.6) is 0 Å². The van der Waals surface area contributed by atoms with Crippen molar-refractivity contribution in [2.75, 3.05) is 0 Å². The molecule has 4 heteroatoms. The normalized spacial score (nSPS) is 13.1. The van der Waals surface area contributed by atoms with E-state index in [-0.39, 0.29) is 5.38 Å². The molecule has 2 nitrogen and oxygen atoms in total. The fourth-order valence-electron chi connectivity index (χ4n) is 1.54. The van der Waals surface area contributed by atoms with E-state index in [9.17, 15) is 0 Å². The molecule has 0 N–H and O–H groups in total. The molecule has 0 fully saturated rings. The summed E-state index contributed by atoms with van der Waals surface area (Å²) in [7, 11) is 0. The highest BCUT2D eigenvalue weighted by molar-refractivity contribution is 9.10. The first-order valence-corrected chi connectivity index (χ1v) is 6.76. The van der Waals surface area contributed by atoms with Crippen molar-refractivity contribution >= 4 is 27.5 Å². The first-order chi connectivity index (χ1) is 7.19. The van der Waals surface area contributed by atoms with Crippen LogP contribution in [0.15, 0.2) is 10.7 Å². The Hall–Kier alpha value is -0.0200. The smallest absolute Gasteiger partial charge is 0.0635 e. The predicted molar refractivity (Wildman–Crippen MR) is 68.5 cm³/mol. The number of nitrogens with zero attached hydrogens (tertiary/aromatic N) is 2. The molecule has 0 bridgehead atoms. The summed E-state index contributed by atoms with van der Waals surface area (Å²) >= 11 is 9.65. The van der Waals surface area contributed by atoms with Crippen LogP contribution in [0.4, 0.5) is 0 Å². The van der Waals surface area contributed by atoms with Crippen molar-refractivity contribution in [1.82, 2.24) is 9.78 Å². The highest BCUT2D eigenvalue weighted by Crippen LogP contribution is 2.20. The van der Waals surface area contributed by atoms with E-state index in [2.05, 4.69) is 39.6 Å². The Labute approximate surface area is 105 Å². The maximum atomic E-state index is 6.12. The zero-order valence-electron chi connectivity index (χ0n) is 9.34. The molecule has 0 radical (unpaired) electrons. The highest BCUT2D eigenvalue weighted by Gasteiger charge is 2.10. The molecule has 0 aromatic carbocycles. The Kier molecular flexibility index (Phi) is 5.69. The number of alkyl halides is 1. The average molecular weight is 294 g/mol. The van der Waals surface area contributed by atoms with Crippen LogP contribution in [0.1, 0.15) is 38.8 Å². The minimum absolute atomic E-state index is 0.280. The van der Waals surface area contributed by atoms with Gasteiger partial charge in [-0.25, -0.2) is 0 Å². The summed E-state index contributed by atoms with van der Waals surface area (Å²) in [5.41, 5.74) is 1.27. The maximum Gasteiger partial charge on any atom is 0.0635 e. The zero-order chi connectivity index (χ0) is 11.3. The van der Waals surface area contributed by atoms with Crippen LogP contribution in [0.25, 0.3) is 0 Å². The zero-order valence-corrected chi connectivity index (χ0v) is 11.7. The number of halogens is 2. The molecule has 15 heavy (non-hydrogen) atoms. The monoisotopic (exact) mass is 292 g/mol. The summed E-state index contributed by atoms with van der Waals surface area (Å²) in [4.78, 5) is 0. The lowest BCUT2D eigenvalue weighted by Gasteiger charge is -2.09. The van der Waals surface area contributed by atoms with Crippen molar-refractivity contribution in [3.63, 3.8) is 0 Å². The Balaban J connectivity index is 2.61. The van der Waals surface area contributed by atoms with E-state index in [1.807, 2.05) is 6.20 Å². The Morgan fingerprint density at radius 1 is 1.53 bits per heavy atom. The number of hydrogen-bond acceptors (Lipinski definition) is 1. The van der Waals surface area contributed by atoms with E-state index >= 15 is 0 Å². The lowest BCUT2D eigenvalue weighted by molar-refractivity contribution is 0.562. The molecule has 0 spiro atoms. The van der Waals surface area contributed by atoms with E-state index in [0.29, 0.717) is 0 Å². The second-order valence-electron chi connectivity index (χ2n) is 3.71. The van der Waals surface area contributed by atoms with Gasteiger partial charge >= 0.3 is 0 Å². The molecule has 0 aliphatic rings. The fourth-order valence-corrected chi connectivity index (χ4v) is 2.14. The molecule has 1 aromatic heterocycles. The SMILES string of the molecule is CCCn1ncc(Br)c1CCC(Cl)CC. The van der Waals surface area contributed by atoms with Crippen molar-refractivity contribution in [3.8, 4) is 0 Å². The minimum atomic E-state index is 0.280. The van der Waals surface area contributed by atoms with Crippen molar-refractivity contribution in [2.45, 2.75) is 51.5 Å². The van der Waals surface area contributed by atoms with Crippen LogP contribution in [0.3, 0.4) is 0 Å². The summed E-state index contributed by atoms with van der Waals surface area (Å²) in [6.45, 7) is 5.27. The third-order valence-electron chi connectivity index (χ3n) is 2.47. The van der Waals surface area contributed by atoms with Gasteiger partial charge in [-0.2, -0.15) is 5.10 Å². The molecular formula is C11H18BrClN2. The van der Waals surface area contributed by atoms with Gasteiger partial charge in [0.25, 0.3) is 0 Å². The molecule has 0 aliphatic heterocycles. The molecule has 1 rings (SSSR count). The highest BCUT2D eigenvalue weighted by atomic mass is 79.9. The molecule has 1 unspecified atom stereocenters. The molecule has 86 valence electrons. The molecule has 1 atom stereocenters. The molecule has 0 saturated heterocycles. The van der Waals surface area contributed by atoms with Crippen LogP contribution in [-0.4, -0.2) is 15.2 Å². The standard InChI is InChI=1S/C11H18BrClN2/c1-3-7-15-11(10(12)8-14-15)6-5-9(13)4-2/h8-9H,3-7H2,1-2H3. The van der Waals surface area contributed by atoms with E-state index in [4.69, 9.17) is 11.6 Å². The summed E-state index contributed by atoms with van der Waals surface area (Å²) in [6, 6.07) is 0. The van der Waals surface area contributed by atoms with E-state index in [1.54, 1.807) is 0 Å². The number of hydrogen-bond donors (Lipinski definition) is 0. The molecule has 0 saturated carbocycles. The van der Waals surface area contributed by atoms with E-state index in [1.165, 1.54) is 5.69 Å². The number of aryl methyl sites for hydroxylation is 1. The van der Waals surface area contributed by atoms with Gasteiger partial charge in [0.15, 0.2) is 0 Å². The quantitative estimate of drug-likeness (QED) is 0.725. The maximum absolute atomic E-state index is 6.12. The second kappa shape index (κ2) is 6.54. The minimum Gasteiger partial charge on any atom is -0.268 e. The molecule has 1 aromatic rings. The second-order valence-corrected chi connectivity index (χ2v) is 5.18. The van der Waals surface area contributed by atoms with Gasteiger partial charge in [0.1, 0.15) is 0 Å². The summed E-state index contributed by atoms with van der Waals surface area (Å²) in [5.74, 6) is 0. The van der Waals surface area contributed by atoms with Crippen molar-refractivity contribution in [1.29, 1.82) is 0 Å². The van der Waals surface area contributed by atoms with Gasteiger partial charge in [-0.05, 0) is 41.6 Å². The Morgan fingerprint density at radius 2 is 2.27 bits per heavy atom. The van der Waals surface area contributed by atoms with Gasteiger partial charge in [0.2, 0.25) is 0 Å². The predicted octanol–water partition coefficient (Wildman–Crippen LogP) is 4.01. The van der Waals surface area contributed by atoms with Gasteiger partial charge in [-0.1, -0.05) is 13.8 Å². The third-order valence-corrected chi connectivity index (χ3v) is 3.66. The molecular weight excluding hydrogens is 275 g/mol. The van der Waals surface area contributed by atoms with Crippen molar-refractivity contribution < 1.29 is 0 Å². The van der Waals surface area contributed by atoms with Crippen LogP contribution < -0.4 is 0 Å². The van der Waals surface area contributed by atoms with E-state index in [0.717, 1.165) is 36.7 Å². The van der Waals surface area contributed by atoms with Gasteiger partial charge in [-0.15, -0.1) is 11.6 Å². The Morgan fingerprint density at radius 3 is 2.87 bits per heavy atom. The van der Waals surface area contributed by atoms with Crippen LogP contribution in [0, 0.1) is 0 Å². The first-order valence-electron chi connectivity index (χ1n) is 5.53. The molecule has 0 amide bonds. The van der Waals surface area contributed by atoms with Gasteiger partial charge in [-0.3, -0.25) is 4.68 Å². The summed E-state index contributed by atoms with van der Waals surface area (Å²) in [6.07, 6.45) is 6.04. The first kappa shape index (κ1) is 13.0. The van der Waals surface area contributed by atoms with Crippen LogP contribution >= 0.6 is 27.5 Å². The Bertz CT molecular complexity index is 299.